The number of benzene rings is 1. The number of hydrogen-bond donors (Lipinski definition) is 0. The van der Waals surface area contributed by atoms with Gasteiger partial charge in [-0.1, -0.05) is 30.4 Å². The summed E-state index contributed by atoms with van der Waals surface area (Å²) in [5, 5.41) is 0. The number of nitrogens with zero attached hydrogens (tertiary/aromatic N) is 3. The molecule has 2 aliphatic carbocycles. The lowest BCUT2D eigenvalue weighted by molar-refractivity contribution is -0.140. The Balaban J connectivity index is 1.05. The molecule has 0 unspecified atom stereocenters. The van der Waals surface area contributed by atoms with Gasteiger partial charge in [-0.25, -0.2) is 0 Å². The molecule has 1 saturated carbocycles. The molecular formula is C23H29N3O2. The topological polar surface area (TPSA) is 43.9 Å². The molecule has 0 radical (unpaired) electrons. The molecule has 5 rings (SSSR count). The first-order valence-corrected chi connectivity index (χ1v) is 10.8. The van der Waals surface area contributed by atoms with Gasteiger partial charge in [-0.3, -0.25) is 19.4 Å². The van der Waals surface area contributed by atoms with Crippen LogP contribution in [0.15, 0.2) is 42.5 Å². The molecule has 2 aliphatic heterocycles. The van der Waals surface area contributed by atoms with Crippen molar-refractivity contribution in [1.29, 1.82) is 0 Å². The van der Waals surface area contributed by atoms with Crippen molar-refractivity contribution in [3.05, 3.63) is 42.5 Å². The fourth-order valence-corrected chi connectivity index (χ4v) is 5.66. The molecule has 1 aromatic carbocycles. The third kappa shape index (κ3) is 3.06. The minimum absolute atomic E-state index is 0.0476. The quantitative estimate of drug-likeness (QED) is 0.433. The van der Waals surface area contributed by atoms with Crippen LogP contribution in [0.4, 0.5) is 5.69 Å². The lowest BCUT2D eigenvalue weighted by Gasteiger charge is -2.36. The number of rotatable bonds is 6. The van der Waals surface area contributed by atoms with Gasteiger partial charge in [0.25, 0.3) is 0 Å². The van der Waals surface area contributed by atoms with Gasteiger partial charge >= 0.3 is 0 Å². The third-order valence-corrected chi connectivity index (χ3v) is 7.16. The monoisotopic (exact) mass is 379 g/mol. The van der Waals surface area contributed by atoms with E-state index in [1.54, 1.807) is 4.90 Å². The zero-order valence-corrected chi connectivity index (χ0v) is 16.4. The Hall–Kier alpha value is -2.14. The van der Waals surface area contributed by atoms with Gasteiger partial charge in [0, 0.05) is 38.4 Å². The van der Waals surface area contributed by atoms with Crippen molar-refractivity contribution in [3.63, 3.8) is 0 Å². The van der Waals surface area contributed by atoms with Crippen LogP contribution in [0.1, 0.15) is 19.3 Å². The Kier molecular flexibility index (Phi) is 4.71. The third-order valence-electron chi connectivity index (χ3n) is 7.16. The highest BCUT2D eigenvalue weighted by atomic mass is 16.2. The molecule has 4 aliphatic rings. The van der Waals surface area contributed by atoms with Crippen LogP contribution in [0.3, 0.4) is 0 Å². The average molecular weight is 380 g/mol. The Bertz CT molecular complexity index is 739. The van der Waals surface area contributed by atoms with Crippen LogP contribution in [0, 0.1) is 23.7 Å². The highest BCUT2D eigenvalue weighted by molar-refractivity contribution is 6.06. The molecule has 2 bridgehead atoms. The van der Waals surface area contributed by atoms with Crippen molar-refractivity contribution < 1.29 is 9.59 Å². The first kappa shape index (κ1) is 17.9. The molecule has 3 fully saturated rings. The minimum atomic E-state index is -0.0476. The number of carbonyl (C=O) groups excluding carboxylic acids is 2. The first-order valence-electron chi connectivity index (χ1n) is 10.8. The molecule has 28 heavy (non-hydrogen) atoms. The van der Waals surface area contributed by atoms with Gasteiger partial charge in [0.15, 0.2) is 0 Å². The molecule has 0 spiro atoms. The predicted octanol–water partition coefficient (Wildman–Crippen LogP) is 2.40. The standard InChI is InChI=1S/C23H29N3O2/c27-22-20-17-8-9-18(16-17)21(20)23(28)26(22)11-5-4-10-24-12-14-25(15-13-24)19-6-2-1-3-7-19/h1-3,6-9,17-18,20-21H,4-5,10-16H2/t17-,18+,20-,21+. The number of carbonyl (C=O) groups is 2. The molecule has 2 amide bonds. The number of fused-ring (bicyclic) bond motifs is 5. The molecule has 5 nitrogen and oxygen atoms in total. The second kappa shape index (κ2) is 7.36. The van der Waals surface area contributed by atoms with Crippen molar-refractivity contribution in [2.75, 3.05) is 44.2 Å². The lowest BCUT2D eigenvalue weighted by Crippen LogP contribution is -2.46. The van der Waals surface area contributed by atoms with Crippen LogP contribution < -0.4 is 4.90 Å². The molecule has 148 valence electrons. The molecule has 0 aromatic heterocycles. The van der Waals surface area contributed by atoms with Crippen LogP contribution in [-0.2, 0) is 9.59 Å². The van der Waals surface area contributed by atoms with E-state index in [1.807, 2.05) is 0 Å². The molecule has 2 saturated heterocycles. The number of piperazine rings is 1. The van der Waals surface area contributed by atoms with Gasteiger partial charge in [-0.05, 0) is 49.8 Å². The Morgan fingerprint density at radius 3 is 2.04 bits per heavy atom. The van der Waals surface area contributed by atoms with E-state index in [4.69, 9.17) is 0 Å². The van der Waals surface area contributed by atoms with Crippen LogP contribution in [0.2, 0.25) is 0 Å². The van der Waals surface area contributed by atoms with Crippen LogP contribution >= 0.6 is 0 Å². The number of hydrogen-bond acceptors (Lipinski definition) is 4. The number of imide groups is 1. The average Bonchev–Trinajstić information content (AvgIpc) is 3.41. The van der Waals surface area contributed by atoms with E-state index >= 15 is 0 Å². The molecule has 1 aromatic rings. The summed E-state index contributed by atoms with van der Waals surface area (Å²) in [7, 11) is 0. The first-order chi connectivity index (χ1) is 13.7. The van der Waals surface area contributed by atoms with E-state index in [0.29, 0.717) is 18.4 Å². The summed E-state index contributed by atoms with van der Waals surface area (Å²) in [5.41, 5.74) is 1.31. The van der Waals surface area contributed by atoms with Gasteiger partial charge < -0.3 is 4.90 Å². The molecular weight excluding hydrogens is 350 g/mol. The molecule has 4 atom stereocenters. The van der Waals surface area contributed by atoms with E-state index in [9.17, 15) is 9.59 Å². The summed E-state index contributed by atoms with van der Waals surface area (Å²) < 4.78 is 0. The van der Waals surface area contributed by atoms with E-state index in [2.05, 4.69) is 52.3 Å². The summed E-state index contributed by atoms with van der Waals surface area (Å²) in [6.07, 6.45) is 7.29. The maximum Gasteiger partial charge on any atom is 0.233 e. The smallest absolute Gasteiger partial charge is 0.233 e. The number of unbranched alkanes of at least 4 members (excludes halogenated alkanes) is 1. The summed E-state index contributed by atoms with van der Waals surface area (Å²) in [6.45, 7) is 5.94. The van der Waals surface area contributed by atoms with Crippen LogP contribution in [0.5, 0.6) is 0 Å². The van der Waals surface area contributed by atoms with Gasteiger partial charge in [-0.15, -0.1) is 0 Å². The fourth-order valence-electron chi connectivity index (χ4n) is 5.66. The van der Waals surface area contributed by atoms with Gasteiger partial charge in [0.1, 0.15) is 0 Å². The molecule has 5 heteroatoms. The van der Waals surface area contributed by atoms with Crippen molar-refractivity contribution in [3.8, 4) is 0 Å². The van der Waals surface area contributed by atoms with Gasteiger partial charge in [0.2, 0.25) is 11.8 Å². The Morgan fingerprint density at radius 2 is 1.39 bits per heavy atom. The van der Waals surface area contributed by atoms with Crippen molar-refractivity contribution in [2.45, 2.75) is 19.3 Å². The number of likely N-dealkylation sites (tertiary alicyclic amines) is 1. The normalized spacial score (nSPS) is 31.9. The van der Waals surface area contributed by atoms with E-state index in [-0.39, 0.29) is 23.7 Å². The highest BCUT2D eigenvalue weighted by Crippen LogP contribution is 2.52. The number of allylic oxidation sites excluding steroid dienone is 2. The van der Waals surface area contributed by atoms with E-state index in [1.165, 1.54) is 5.69 Å². The fraction of sp³-hybridized carbons (Fsp3) is 0.565. The molecule has 2 heterocycles. The van der Waals surface area contributed by atoms with E-state index in [0.717, 1.165) is 52.0 Å². The van der Waals surface area contributed by atoms with Crippen LogP contribution in [0.25, 0.3) is 0 Å². The zero-order valence-electron chi connectivity index (χ0n) is 16.4. The summed E-state index contributed by atoms with van der Waals surface area (Å²) in [5.74, 6) is 0.739. The summed E-state index contributed by atoms with van der Waals surface area (Å²) >= 11 is 0. The summed E-state index contributed by atoms with van der Waals surface area (Å²) in [6, 6.07) is 10.6. The Morgan fingerprint density at radius 1 is 0.786 bits per heavy atom. The summed E-state index contributed by atoms with van der Waals surface area (Å²) in [4.78, 5) is 31.9. The van der Waals surface area contributed by atoms with Crippen LogP contribution in [-0.4, -0.2) is 60.9 Å². The van der Waals surface area contributed by atoms with Gasteiger partial charge in [-0.2, -0.15) is 0 Å². The van der Waals surface area contributed by atoms with Crippen molar-refractivity contribution >= 4 is 17.5 Å². The van der Waals surface area contributed by atoms with E-state index < -0.39 is 0 Å². The maximum atomic E-state index is 12.7. The van der Waals surface area contributed by atoms with Gasteiger partial charge in [0.05, 0.1) is 11.8 Å². The van der Waals surface area contributed by atoms with Crippen molar-refractivity contribution in [2.24, 2.45) is 23.7 Å². The molecule has 0 N–H and O–H groups in total. The highest BCUT2D eigenvalue weighted by Gasteiger charge is 2.58. The predicted molar refractivity (Wildman–Crippen MR) is 109 cm³/mol. The maximum absolute atomic E-state index is 12.7. The SMILES string of the molecule is O=C1[C@@H]2[C@H](C(=O)N1CCCCN1CCN(c3ccccc3)CC1)[C@@H]1C=C[C@H]2C1. The second-order valence-electron chi connectivity index (χ2n) is 8.70. The minimum Gasteiger partial charge on any atom is -0.369 e. The zero-order chi connectivity index (χ0) is 19.1. The second-order valence-corrected chi connectivity index (χ2v) is 8.70. The largest absolute Gasteiger partial charge is 0.369 e. The number of anilines is 1. The number of para-hydroxylation sites is 1. The Labute approximate surface area is 167 Å². The van der Waals surface area contributed by atoms with Crippen molar-refractivity contribution in [1.82, 2.24) is 9.80 Å². The number of amides is 2. The lowest BCUT2D eigenvalue weighted by atomic mass is 9.85.